The van der Waals surface area contributed by atoms with Gasteiger partial charge in [-0.05, 0) is 89.6 Å². The zero-order valence-corrected chi connectivity index (χ0v) is 41.6. The molecule has 5 N–H and O–H groups in total. The van der Waals surface area contributed by atoms with Gasteiger partial charge in [-0.2, -0.15) is 10.2 Å². The Labute approximate surface area is 417 Å². The fraction of sp³-hybridized carbons (Fsp3) is 0.500. The number of amides is 2. The average Bonchev–Trinajstić information content (AvgIpc) is 4.20. The number of phenolic OH excluding ortho intramolecular Hbond substituents is 1. The predicted molar refractivity (Wildman–Crippen MR) is 262 cm³/mol. The maximum atomic E-state index is 14.4. The zero-order valence-electron chi connectivity index (χ0n) is 40.0. The van der Waals surface area contributed by atoms with Crippen LogP contribution in [0.5, 0.6) is 11.6 Å². The number of fused-ring (bicyclic) bond motifs is 1. The van der Waals surface area contributed by atoms with Crippen LogP contribution in [0.2, 0.25) is 0 Å². The van der Waals surface area contributed by atoms with E-state index in [2.05, 4.69) is 53.5 Å². The summed E-state index contributed by atoms with van der Waals surface area (Å²) in [5.41, 5.74) is 7.85. The highest BCUT2D eigenvalue weighted by atomic mass is 32.1. The second kappa shape index (κ2) is 21.0. The Bertz CT molecular complexity index is 2920. The number of anilines is 2. The molecular formula is C48H57FN14O6S2. The molecule has 2 fully saturated rings. The molecule has 0 saturated carbocycles. The van der Waals surface area contributed by atoms with E-state index in [4.69, 9.17) is 25.0 Å². The number of nitrogens with zero attached hydrogens (tertiary/aromatic N) is 12. The Balaban J connectivity index is 0.745. The van der Waals surface area contributed by atoms with Gasteiger partial charge < -0.3 is 45.2 Å². The molecule has 1 aliphatic carbocycles. The van der Waals surface area contributed by atoms with Crippen LogP contribution in [0.3, 0.4) is 0 Å². The van der Waals surface area contributed by atoms with Gasteiger partial charge in [-0.15, -0.1) is 22.7 Å². The molecule has 0 spiro atoms. The number of thiazole rings is 1. The second-order valence-electron chi connectivity index (χ2n) is 19.0. The summed E-state index contributed by atoms with van der Waals surface area (Å²) in [5.74, 6) is -0.128. The Morgan fingerprint density at radius 2 is 1.99 bits per heavy atom. The average molecular weight is 1010 g/mol. The fourth-order valence-corrected chi connectivity index (χ4v) is 12.1. The number of unbranched alkanes of at least 4 members (excludes halogenated alkanes) is 1. The van der Waals surface area contributed by atoms with Crippen LogP contribution in [-0.4, -0.2) is 129 Å². The molecule has 9 rings (SSSR count). The largest absolute Gasteiger partial charge is 0.508 e. The fourth-order valence-electron chi connectivity index (χ4n) is 9.98. The molecule has 2 amide bonds. The smallest absolute Gasteiger partial charge is 0.253 e. The highest BCUT2D eigenvalue weighted by Crippen LogP contribution is 2.48. The first-order chi connectivity index (χ1) is 34.2. The molecule has 23 heteroatoms. The normalized spacial score (nSPS) is 21.0. The van der Waals surface area contributed by atoms with Gasteiger partial charge in [0.1, 0.15) is 45.4 Å². The van der Waals surface area contributed by atoms with Crippen molar-refractivity contribution in [3.05, 3.63) is 75.6 Å². The summed E-state index contributed by atoms with van der Waals surface area (Å²) in [7, 11) is 0. The van der Waals surface area contributed by atoms with Gasteiger partial charge >= 0.3 is 0 Å². The third-order valence-corrected chi connectivity index (χ3v) is 15.6. The molecule has 0 radical (unpaired) electrons. The number of nitrogens with one attached hydrogen (secondary N) is 1. The lowest BCUT2D eigenvalue weighted by Gasteiger charge is -2.30. The van der Waals surface area contributed by atoms with Crippen LogP contribution in [0.1, 0.15) is 99.2 Å². The SMILES string of the molecule is CC(C)[C@@H](C(=O)N1C[C@H](O)C[C@H]1C(=O)NCc1ncc(-c2ccc(O)cc2F)s1)n1cc(OCCCCN2CCCN(c3nccc(-c4noc([C@@]5(C)CCCc6sc(N)c(C#N)c65)n4)n3)[C@@H](C)C2)nn1. The molecule has 3 aliphatic rings. The molecule has 7 heterocycles. The van der Waals surface area contributed by atoms with Crippen molar-refractivity contribution < 1.29 is 33.5 Å². The molecule has 20 nitrogen and oxygen atoms in total. The van der Waals surface area contributed by atoms with Gasteiger partial charge in [0.05, 0.1) is 41.3 Å². The molecule has 6 aromatic rings. The van der Waals surface area contributed by atoms with Crippen molar-refractivity contribution in [2.45, 2.75) is 109 Å². The number of benzene rings is 1. The van der Waals surface area contributed by atoms with E-state index in [9.17, 15) is 29.5 Å². The number of ether oxygens (including phenoxy) is 1. The minimum Gasteiger partial charge on any atom is -0.508 e. The maximum Gasteiger partial charge on any atom is 0.253 e. The van der Waals surface area contributed by atoms with E-state index in [1.54, 1.807) is 18.5 Å². The highest BCUT2D eigenvalue weighted by molar-refractivity contribution is 7.16. The van der Waals surface area contributed by atoms with Crippen molar-refractivity contribution in [2.24, 2.45) is 5.92 Å². The minimum absolute atomic E-state index is 0.0163. The molecule has 2 saturated heterocycles. The number of halogens is 1. The van der Waals surface area contributed by atoms with Gasteiger partial charge in [0, 0.05) is 66.6 Å². The van der Waals surface area contributed by atoms with Crippen LogP contribution in [0.15, 0.2) is 47.4 Å². The molecule has 374 valence electrons. The number of carbonyl (C=O) groups excluding carboxylic acids is 2. The van der Waals surface area contributed by atoms with E-state index in [0.717, 1.165) is 81.2 Å². The van der Waals surface area contributed by atoms with Gasteiger partial charge in [-0.3, -0.25) is 9.59 Å². The first kappa shape index (κ1) is 49.4. The first-order valence-corrected chi connectivity index (χ1v) is 25.6. The highest BCUT2D eigenvalue weighted by Gasteiger charge is 2.44. The van der Waals surface area contributed by atoms with Gasteiger partial charge in [-0.1, -0.05) is 29.3 Å². The molecule has 1 aromatic carbocycles. The molecule has 2 aliphatic heterocycles. The summed E-state index contributed by atoms with van der Waals surface area (Å²) in [4.78, 5) is 54.0. The number of carbonyl (C=O) groups is 2. The quantitative estimate of drug-likeness (QED) is 0.0875. The van der Waals surface area contributed by atoms with Crippen molar-refractivity contribution >= 4 is 45.4 Å². The third kappa shape index (κ3) is 10.4. The monoisotopic (exact) mass is 1010 g/mol. The molecule has 5 atom stereocenters. The standard InChI is InChI=1S/C48H57FN14O6S2/c1-27(2)41(45(67)62-25-30(65)20-35(62)44(66)54-23-39-53-22-37(70-39)31-11-10-29(64)19-33(31)49)63-26-38(57-59-63)68-18-6-5-15-60-16-8-17-61(28(3)24-60)47-52-14-12-34(55-47)43-56-46(69-58-43)48(4)13-7-9-36-40(48)32(21-50)42(51)71-36/h10-12,14,19,22,26-28,30,35,41,64-65H,5-9,13,15-18,20,23-25,51H2,1-4H3,(H,54,66)/t28-,30+,35-,41-,48-/m0/s1. The number of aromatic hydroxyl groups is 1. The van der Waals surface area contributed by atoms with Crippen LogP contribution in [0.4, 0.5) is 15.3 Å². The number of likely N-dealkylation sites (tertiary alicyclic amines) is 1. The van der Waals surface area contributed by atoms with Crippen LogP contribution in [0, 0.1) is 23.1 Å². The number of nitrogens with two attached hydrogens (primary N) is 1. The number of aryl methyl sites for hydroxylation is 1. The number of aliphatic hydroxyl groups excluding tert-OH is 1. The van der Waals surface area contributed by atoms with E-state index in [-0.39, 0.29) is 54.6 Å². The lowest BCUT2D eigenvalue weighted by Crippen LogP contribution is -2.49. The first-order valence-electron chi connectivity index (χ1n) is 23.9. The second-order valence-corrected chi connectivity index (χ2v) is 21.2. The summed E-state index contributed by atoms with van der Waals surface area (Å²) in [6, 6.07) is 6.35. The van der Waals surface area contributed by atoms with E-state index in [1.165, 1.54) is 50.6 Å². The number of rotatable bonds is 16. The summed E-state index contributed by atoms with van der Waals surface area (Å²) < 4.78 is 27.8. The van der Waals surface area contributed by atoms with Gasteiger partial charge in [-0.25, -0.2) is 24.0 Å². The van der Waals surface area contributed by atoms with Gasteiger partial charge in [0.15, 0.2) is 0 Å². The number of aromatic nitrogens is 8. The number of hydrogen-bond acceptors (Lipinski definition) is 19. The number of aliphatic hydroxyl groups is 1. The number of β-amino-alcohol motifs (C(OH)–C–C–N with tert-alkyl or cyclic N) is 1. The van der Waals surface area contributed by atoms with Crippen molar-refractivity contribution in [3.63, 3.8) is 0 Å². The molecule has 0 unspecified atom stereocenters. The van der Waals surface area contributed by atoms with Crippen LogP contribution in [0.25, 0.3) is 22.0 Å². The number of hydrogen-bond donors (Lipinski definition) is 4. The van der Waals surface area contributed by atoms with Crippen molar-refractivity contribution in [1.29, 1.82) is 5.26 Å². The van der Waals surface area contributed by atoms with Crippen LogP contribution in [-0.2, 0) is 28.0 Å². The van der Waals surface area contributed by atoms with Gasteiger partial charge in [0.2, 0.25) is 29.5 Å². The summed E-state index contributed by atoms with van der Waals surface area (Å²) in [5, 5.41) is 46.8. The molecule has 71 heavy (non-hydrogen) atoms. The number of nitrogen functional groups attached to an aromatic ring is 1. The van der Waals surface area contributed by atoms with E-state index >= 15 is 0 Å². The summed E-state index contributed by atoms with van der Waals surface area (Å²) in [6.45, 7) is 11.8. The number of thiophene rings is 1. The van der Waals surface area contributed by atoms with E-state index in [1.807, 2.05) is 20.8 Å². The number of nitriles is 1. The Kier molecular flexibility index (Phi) is 14.6. The lowest BCUT2D eigenvalue weighted by molar-refractivity contribution is -0.142. The lowest BCUT2D eigenvalue weighted by atomic mass is 9.72. The summed E-state index contributed by atoms with van der Waals surface area (Å²) >= 11 is 2.66. The predicted octanol–water partition coefficient (Wildman–Crippen LogP) is 5.48. The topological polar surface area (TPSA) is 264 Å². The summed E-state index contributed by atoms with van der Waals surface area (Å²) in [6.07, 6.45) is 9.12. The van der Waals surface area contributed by atoms with Crippen LogP contribution < -0.4 is 20.7 Å². The molecular weight excluding hydrogens is 952 g/mol. The minimum atomic E-state index is -0.924. The van der Waals surface area contributed by atoms with Gasteiger partial charge in [0.25, 0.3) is 5.88 Å². The van der Waals surface area contributed by atoms with E-state index < -0.39 is 35.3 Å². The van der Waals surface area contributed by atoms with Crippen molar-refractivity contribution in [1.82, 2.24) is 55.2 Å². The zero-order chi connectivity index (χ0) is 50.0. The molecule has 0 bridgehead atoms. The maximum absolute atomic E-state index is 14.4. The molecule has 5 aromatic heterocycles. The van der Waals surface area contributed by atoms with Crippen LogP contribution >= 0.6 is 22.7 Å². The van der Waals surface area contributed by atoms with Crippen molar-refractivity contribution in [3.8, 4) is 39.7 Å². The Morgan fingerprint density at radius 1 is 1.14 bits per heavy atom. The number of phenols is 1. The Hall–Kier alpha value is -6.61. The van der Waals surface area contributed by atoms with E-state index in [0.29, 0.717) is 50.4 Å². The third-order valence-electron chi connectivity index (χ3n) is 13.5. The van der Waals surface area contributed by atoms with Crippen molar-refractivity contribution in [2.75, 3.05) is 50.0 Å². The Morgan fingerprint density at radius 3 is 2.79 bits per heavy atom.